The van der Waals surface area contributed by atoms with Crippen LogP contribution in [0, 0.1) is 0 Å². The van der Waals surface area contributed by atoms with E-state index >= 15 is 0 Å². The predicted molar refractivity (Wildman–Crippen MR) is 74.6 cm³/mol. The van der Waals surface area contributed by atoms with Crippen LogP contribution in [-0.2, 0) is 12.8 Å². The molecular weight excluding hydrogens is 210 g/mol. The molecule has 0 amide bonds. The van der Waals surface area contributed by atoms with Gasteiger partial charge in [-0.3, -0.25) is 0 Å². The maximum absolute atomic E-state index is 4.55. The number of aryl methyl sites for hydroxylation is 2. The van der Waals surface area contributed by atoms with Crippen molar-refractivity contribution in [3.05, 3.63) is 23.4 Å². The molecule has 0 saturated heterocycles. The van der Waals surface area contributed by atoms with Gasteiger partial charge >= 0.3 is 0 Å². The number of aromatic nitrogens is 1. The minimum absolute atomic E-state index is 0.924. The van der Waals surface area contributed by atoms with Crippen LogP contribution in [0.3, 0.4) is 0 Å². The molecule has 1 aromatic rings. The van der Waals surface area contributed by atoms with Crippen molar-refractivity contribution >= 4 is 5.82 Å². The van der Waals surface area contributed by atoms with Crippen molar-refractivity contribution in [2.24, 2.45) is 0 Å². The highest BCUT2D eigenvalue weighted by atomic mass is 15.0. The first-order valence-electron chi connectivity index (χ1n) is 6.68. The molecule has 96 valence electrons. The topological polar surface area (TPSA) is 37.0 Å². The van der Waals surface area contributed by atoms with Gasteiger partial charge in [0.2, 0.25) is 0 Å². The minimum Gasteiger partial charge on any atom is -0.369 e. The molecule has 0 atom stereocenters. The van der Waals surface area contributed by atoms with Gasteiger partial charge in [0.15, 0.2) is 0 Å². The van der Waals surface area contributed by atoms with E-state index in [4.69, 9.17) is 0 Å². The molecule has 0 aliphatic rings. The zero-order chi connectivity index (χ0) is 12.5. The number of hydrogen-bond donors (Lipinski definition) is 2. The van der Waals surface area contributed by atoms with Crippen LogP contribution in [0.25, 0.3) is 0 Å². The number of likely N-dealkylation sites (N-methyl/N-ethyl adjacent to an activating group) is 1. The molecule has 0 aliphatic heterocycles. The van der Waals surface area contributed by atoms with Crippen molar-refractivity contribution in [3.8, 4) is 0 Å². The van der Waals surface area contributed by atoms with E-state index in [1.807, 2.05) is 13.2 Å². The summed E-state index contributed by atoms with van der Waals surface area (Å²) in [6, 6.07) is 2.31. The summed E-state index contributed by atoms with van der Waals surface area (Å²) in [6.07, 6.45) is 6.58. The number of pyridine rings is 1. The molecule has 0 unspecified atom stereocenters. The summed E-state index contributed by atoms with van der Waals surface area (Å²) in [5.74, 6) is 1.06. The van der Waals surface area contributed by atoms with Crippen molar-refractivity contribution in [1.82, 2.24) is 10.3 Å². The van der Waals surface area contributed by atoms with Gasteiger partial charge in [-0.25, -0.2) is 4.98 Å². The predicted octanol–water partition coefficient (Wildman–Crippen LogP) is 2.62. The molecule has 0 saturated carbocycles. The molecule has 17 heavy (non-hydrogen) atoms. The van der Waals surface area contributed by atoms with Gasteiger partial charge in [-0.1, -0.05) is 32.8 Å². The van der Waals surface area contributed by atoms with E-state index < -0.39 is 0 Å². The van der Waals surface area contributed by atoms with Gasteiger partial charge in [0.25, 0.3) is 0 Å². The van der Waals surface area contributed by atoms with E-state index in [1.54, 1.807) is 0 Å². The Kier molecular flexibility index (Phi) is 6.63. The first-order valence-corrected chi connectivity index (χ1v) is 6.68. The monoisotopic (exact) mass is 235 g/mol. The molecule has 0 fully saturated rings. The Morgan fingerprint density at radius 1 is 1.12 bits per heavy atom. The Morgan fingerprint density at radius 2 is 1.88 bits per heavy atom. The highest BCUT2D eigenvalue weighted by Crippen LogP contribution is 2.17. The molecule has 0 aliphatic carbocycles. The first-order chi connectivity index (χ1) is 8.31. The molecule has 1 rings (SSSR count). The third-order valence-electron chi connectivity index (χ3n) is 2.75. The zero-order valence-electron chi connectivity index (χ0n) is 11.3. The Balaban J connectivity index is 2.72. The Hall–Kier alpha value is -1.09. The second-order valence-corrected chi connectivity index (χ2v) is 4.38. The minimum atomic E-state index is 0.924. The van der Waals surface area contributed by atoms with Gasteiger partial charge in [0.1, 0.15) is 5.82 Å². The third-order valence-corrected chi connectivity index (χ3v) is 2.75. The van der Waals surface area contributed by atoms with Crippen molar-refractivity contribution in [3.63, 3.8) is 0 Å². The molecule has 1 heterocycles. The van der Waals surface area contributed by atoms with Crippen LogP contribution in [-0.4, -0.2) is 25.1 Å². The summed E-state index contributed by atoms with van der Waals surface area (Å²) >= 11 is 0. The van der Waals surface area contributed by atoms with Crippen molar-refractivity contribution in [2.75, 3.05) is 25.5 Å². The number of rotatable bonds is 8. The fraction of sp³-hybridized carbons (Fsp3) is 0.643. The van der Waals surface area contributed by atoms with Crippen LogP contribution in [0.5, 0.6) is 0 Å². The van der Waals surface area contributed by atoms with E-state index in [-0.39, 0.29) is 0 Å². The molecule has 2 N–H and O–H groups in total. The second kappa shape index (κ2) is 8.07. The van der Waals surface area contributed by atoms with Gasteiger partial charge < -0.3 is 10.6 Å². The lowest BCUT2D eigenvalue weighted by atomic mass is 10.1. The van der Waals surface area contributed by atoms with E-state index in [9.17, 15) is 0 Å². The second-order valence-electron chi connectivity index (χ2n) is 4.38. The van der Waals surface area contributed by atoms with Gasteiger partial charge in [-0.2, -0.15) is 0 Å². The van der Waals surface area contributed by atoms with E-state index in [1.165, 1.54) is 17.5 Å². The fourth-order valence-electron chi connectivity index (χ4n) is 1.91. The van der Waals surface area contributed by atoms with Crippen LogP contribution in [0.2, 0.25) is 0 Å². The average molecular weight is 235 g/mol. The van der Waals surface area contributed by atoms with Crippen LogP contribution in [0.15, 0.2) is 12.3 Å². The molecule has 0 radical (unpaired) electrons. The summed E-state index contributed by atoms with van der Waals surface area (Å²) in [4.78, 5) is 4.55. The maximum atomic E-state index is 4.55. The average Bonchev–Trinajstić information content (AvgIpc) is 2.33. The summed E-state index contributed by atoms with van der Waals surface area (Å²) in [5, 5.41) is 6.53. The number of nitrogens with zero attached hydrogens (tertiary/aromatic N) is 1. The first kappa shape index (κ1) is 14.0. The van der Waals surface area contributed by atoms with Gasteiger partial charge in [0, 0.05) is 19.3 Å². The summed E-state index contributed by atoms with van der Waals surface area (Å²) < 4.78 is 0. The maximum Gasteiger partial charge on any atom is 0.129 e. The third kappa shape index (κ3) is 4.73. The van der Waals surface area contributed by atoms with E-state index in [0.29, 0.717) is 0 Å². The van der Waals surface area contributed by atoms with Crippen LogP contribution >= 0.6 is 0 Å². The summed E-state index contributed by atoms with van der Waals surface area (Å²) in [5.41, 5.74) is 2.71. The lowest BCUT2D eigenvalue weighted by molar-refractivity contribution is 0.816. The smallest absolute Gasteiger partial charge is 0.129 e. The van der Waals surface area contributed by atoms with Crippen molar-refractivity contribution in [2.45, 2.75) is 39.5 Å². The van der Waals surface area contributed by atoms with E-state index in [2.05, 4.69) is 35.5 Å². The molecule has 0 bridgehead atoms. The van der Waals surface area contributed by atoms with Crippen molar-refractivity contribution < 1.29 is 0 Å². The Morgan fingerprint density at radius 3 is 2.53 bits per heavy atom. The highest BCUT2D eigenvalue weighted by molar-refractivity contribution is 5.45. The largest absolute Gasteiger partial charge is 0.369 e. The van der Waals surface area contributed by atoms with Gasteiger partial charge in [0.05, 0.1) is 0 Å². The van der Waals surface area contributed by atoms with Crippen LogP contribution < -0.4 is 10.6 Å². The van der Waals surface area contributed by atoms with Crippen LogP contribution in [0.4, 0.5) is 5.82 Å². The van der Waals surface area contributed by atoms with Gasteiger partial charge in [-0.15, -0.1) is 0 Å². The highest BCUT2D eigenvalue weighted by Gasteiger charge is 2.04. The number of anilines is 1. The zero-order valence-corrected chi connectivity index (χ0v) is 11.3. The fourth-order valence-corrected chi connectivity index (χ4v) is 1.91. The SMILES string of the molecule is CCCc1cnc(NCCNC)c(CCC)c1. The standard InChI is InChI=1S/C14H25N3/c1-4-6-12-10-13(7-5-2)14(17-11-12)16-9-8-15-3/h10-11,15H,4-9H2,1-3H3,(H,16,17). The molecule has 3 heteroatoms. The normalized spacial score (nSPS) is 10.5. The summed E-state index contributed by atoms with van der Waals surface area (Å²) in [7, 11) is 1.96. The molecule has 0 aromatic carbocycles. The molecular formula is C14H25N3. The van der Waals surface area contributed by atoms with E-state index in [0.717, 1.165) is 38.2 Å². The molecule has 1 aromatic heterocycles. The Labute approximate surface area is 105 Å². The lowest BCUT2D eigenvalue weighted by Crippen LogP contribution is -2.19. The van der Waals surface area contributed by atoms with Crippen molar-refractivity contribution in [1.29, 1.82) is 0 Å². The lowest BCUT2D eigenvalue weighted by Gasteiger charge is -2.12. The number of nitrogens with one attached hydrogen (secondary N) is 2. The molecule has 3 nitrogen and oxygen atoms in total. The van der Waals surface area contributed by atoms with Gasteiger partial charge in [-0.05, 0) is 31.0 Å². The summed E-state index contributed by atoms with van der Waals surface area (Å²) in [6.45, 7) is 6.31. The quantitative estimate of drug-likeness (QED) is 0.680. The number of hydrogen-bond acceptors (Lipinski definition) is 3. The van der Waals surface area contributed by atoms with Crippen LogP contribution in [0.1, 0.15) is 37.8 Å². The Bertz CT molecular complexity index is 323. The molecule has 0 spiro atoms.